The number of hydrogen-bond acceptors (Lipinski definition) is 7. The molecular weight excluding hydrogens is 334 g/mol. The molecule has 0 aromatic carbocycles. The van der Waals surface area contributed by atoms with E-state index >= 15 is 0 Å². The van der Waals surface area contributed by atoms with E-state index in [1.807, 2.05) is 12.1 Å². The number of rotatable bonds is 3. The number of ether oxygens (including phenoxy) is 1. The lowest BCUT2D eigenvalue weighted by atomic mass is 10.1. The van der Waals surface area contributed by atoms with Gasteiger partial charge in [-0.3, -0.25) is 9.67 Å². The van der Waals surface area contributed by atoms with Gasteiger partial charge in [-0.15, -0.1) is 0 Å². The van der Waals surface area contributed by atoms with Gasteiger partial charge in [-0.25, -0.2) is 14.8 Å². The van der Waals surface area contributed by atoms with Crippen LogP contribution in [-0.2, 0) is 11.8 Å². The average molecular weight is 349 g/mol. The number of nitrogens with zero attached hydrogens (tertiary/aromatic N) is 5. The summed E-state index contributed by atoms with van der Waals surface area (Å²) in [6.45, 7) is 0. The van der Waals surface area contributed by atoms with E-state index in [1.165, 1.54) is 13.3 Å². The van der Waals surface area contributed by atoms with Gasteiger partial charge in [0.15, 0.2) is 5.82 Å². The minimum absolute atomic E-state index is 0.293. The zero-order chi connectivity index (χ0) is 18.3. The molecule has 4 aromatic rings. The molecule has 26 heavy (non-hydrogen) atoms. The van der Waals surface area contributed by atoms with Gasteiger partial charge in [-0.05, 0) is 18.2 Å². The lowest BCUT2D eigenvalue weighted by Gasteiger charge is -2.01. The number of aryl methyl sites for hydroxylation is 1. The van der Waals surface area contributed by atoms with Gasteiger partial charge in [0.2, 0.25) is 0 Å². The molecule has 4 rings (SSSR count). The maximum atomic E-state index is 12.0. The molecule has 9 nitrogen and oxygen atoms in total. The summed E-state index contributed by atoms with van der Waals surface area (Å²) < 4.78 is 6.44. The number of esters is 1. The molecule has 0 aliphatic carbocycles. The van der Waals surface area contributed by atoms with Crippen LogP contribution in [0.3, 0.4) is 0 Å². The number of H-pyrrole nitrogens is 1. The van der Waals surface area contributed by atoms with Crippen molar-refractivity contribution in [2.75, 3.05) is 12.8 Å². The van der Waals surface area contributed by atoms with E-state index in [2.05, 4.69) is 25.0 Å². The van der Waals surface area contributed by atoms with Crippen molar-refractivity contribution >= 4 is 22.7 Å². The number of nitrogens with one attached hydrogen (secondary N) is 1. The van der Waals surface area contributed by atoms with E-state index in [9.17, 15) is 4.79 Å². The van der Waals surface area contributed by atoms with E-state index in [0.717, 1.165) is 5.56 Å². The highest BCUT2D eigenvalue weighted by molar-refractivity contribution is 6.07. The molecule has 9 heteroatoms. The van der Waals surface area contributed by atoms with Crippen molar-refractivity contribution in [3.63, 3.8) is 0 Å². The van der Waals surface area contributed by atoms with Crippen LogP contribution in [0.25, 0.3) is 33.7 Å². The van der Waals surface area contributed by atoms with Gasteiger partial charge in [0.25, 0.3) is 0 Å². The third-order valence-corrected chi connectivity index (χ3v) is 4.00. The molecular formula is C17H15N7O2. The van der Waals surface area contributed by atoms with Crippen LogP contribution in [0.2, 0.25) is 0 Å². The Morgan fingerprint density at radius 1 is 1.27 bits per heavy atom. The topological polar surface area (TPSA) is 125 Å². The third kappa shape index (κ3) is 2.55. The number of carbonyl (C=O) groups excluding carboxylic acids is 1. The first kappa shape index (κ1) is 15.8. The molecule has 0 saturated carbocycles. The second kappa shape index (κ2) is 5.96. The Balaban J connectivity index is 1.85. The predicted octanol–water partition coefficient (Wildman–Crippen LogP) is 1.79. The molecule has 4 aromatic heterocycles. The fraction of sp³-hybridized carbons (Fsp3) is 0.118. The summed E-state index contributed by atoms with van der Waals surface area (Å²) in [5.41, 5.74) is 9.03. The molecule has 4 heterocycles. The van der Waals surface area contributed by atoms with Crippen molar-refractivity contribution in [1.29, 1.82) is 0 Å². The molecule has 130 valence electrons. The monoisotopic (exact) mass is 349 g/mol. The highest BCUT2D eigenvalue weighted by Crippen LogP contribution is 2.29. The molecule has 0 aliphatic heterocycles. The molecule has 0 spiro atoms. The average Bonchev–Trinajstić information content (AvgIpc) is 3.29. The van der Waals surface area contributed by atoms with Crippen LogP contribution in [0.1, 0.15) is 10.4 Å². The Kier molecular flexibility index (Phi) is 3.61. The standard InChI is InChI=1S/C17H15N7O2/c1-24-8-21-16(23-24)9-3-4-19-12(5-9)13-6-10-11(17(25)26-2)7-20-15(18)14(10)22-13/h3-8,22H,1-2H3,(H2,18,20). The minimum atomic E-state index is -0.479. The highest BCUT2D eigenvalue weighted by Gasteiger charge is 2.17. The van der Waals surface area contributed by atoms with Gasteiger partial charge in [0, 0.05) is 30.4 Å². The van der Waals surface area contributed by atoms with Crippen LogP contribution in [-0.4, -0.2) is 42.8 Å². The largest absolute Gasteiger partial charge is 0.465 e. The lowest BCUT2D eigenvalue weighted by Crippen LogP contribution is -2.03. The van der Waals surface area contributed by atoms with Gasteiger partial charge >= 0.3 is 5.97 Å². The first-order chi connectivity index (χ1) is 12.6. The zero-order valence-corrected chi connectivity index (χ0v) is 14.1. The second-order valence-corrected chi connectivity index (χ2v) is 5.69. The van der Waals surface area contributed by atoms with Crippen molar-refractivity contribution in [2.24, 2.45) is 7.05 Å². The summed E-state index contributed by atoms with van der Waals surface area (Å²) in [5, 5.41) is 4.92. The summed E-state index contributed by atoms with van der Waals surface area (Å²) in [5.74, 6) is 0.414. The number of anilines is 1. The summed E-state index contributed by atoms with van der Waals surface area (Å²) in [4.78, 5) is 27.8. The molecule has 0 saturated heterocycles. The first-order valence-corrected chi connectivity index (χ1v) is 7.74. The van der Waals surface area contributed by atoms with E-state index in [4.69, 9.17) is 10.5 Å². The van der Waals surface area contributed by atoms with E-state index in [-0.39, 0.29) is 0 Å². The Labute approximate surface area is 147 Å². The molecule has 0 atom stereocenters. The predicted molar refractivity (Wildman–Crippen MR) is 95.1 cm³/mol. The van der Waals surface area contributed by atoms with E-state index in [0.29, 0.717) is 39.5 Å². The number of nitrogens with two attached hydrogens (primary N) is 1. The fourth-order valence-corrected chi connectivity index (χ4v) is 2.74. The van der Waals surface area contributed by atoms with Gasteiger partial charge in [-0.2, -0.15) is 5.10 Å². The van der Waals surface area contributed by atoms with Crippen LogP contribution >= 0.6 is 0 Å². The summed E-state index contributed by atoms with van der Waals surface area (Å²) in [6, 6.07) is 5.50. The molecule has 0 aliphatic rings. The summed E-state index contributed by atoms with van der Waals surface area (Å²) in [6.07, 6.45) is 4.71. The maximum Gasteiger partial charge on any atom is 0.340 e. The number of fused-ring (bicyclic) bond motifs is 1. The van der Waals surface area contributed by atoms with E-state index < -0.39 is 5.97 Å². The van der Waals surface area contributed by atoms with Gasteiger partial charge < -0.3 is 15.5 Å². The van der Waals surface area contributed by atoms with Gasteiger partial charge in [0.1, 0.15) is 12.1 Å². The maximum absolute atomic E-state index is 12.0. The number of aromatic nitrogens is 6. The summed E-state index contributed by atoms with van der Waals surface area (Å²) >= 11 is 0. The summed E-state index contributed by atoms with van der Waals surface area (Å²) in [7, 11) is 3.13. The van der Waals surface area contributed by atoms with Crippen molar-refractivity contribution in [1.82, 2.24) is 29.7 Å². The van der Waals surface area contributed by atoms with Gasteiger partial charge in [-0.1, -0.05) is 0 Å². The van der Waals surface area contributed by atoms with Crippen molar-refractivity contribution < 1.29 is 9.53 Å². The molecule has 0 fully saturated rings. The molecule has 0 radical (unpaired) electrons. The van der Waals surface area contributed by atoms with Crippen molar-refractivity contribution in [3.05, 3.63) is 42.5 Å². The molecule has 0 unspecified atom stereocenters. The Morgan fingerprint density at radius 3 is 2.85 bits per heavy atom. The lowest BCUT2D eigenvalue weighted by molar-refractivity contribution is 0.0602. The number of nitrogen functional groups attached to an aromatic ring is 1. The molecule has 0 amide bonds. The van der Waals surface area contributed by atoms with Crippen LogP contribution in [0.5, 0.6) is 0 Å². The second-order valence-electron chi connectivity index (χ2n) is 5.69. The molecule has 0 bridgehead atoms. The number of methoxy groups -OCH3 is 1. The quantitative estimate of drug-likeness (QED) is 0.540. The number of aromatic amines is 1. The first-order valence-electron chi connectivity index (χ1n) is 7.74. The van der Waals surface area contributed by atoms with Crippen molar-refractivity contribution in [2.45, 2.75) is 0 Å². The van der Waals surface area contributed by atoms with Crippen molar-refractivity contribution in [3.8, 4) is 22.8 Å². The zero-order valence-electron chi connectivity index (χ0n) is 14.1. The Bertz CT molecular complexity index is 1130. The van der Waals surface area contributed by atoms with E-state index in [1.54, 1.807) is 30.3 Å². The smallest absolute Gasteiger partial charge is 0.340 e. The Hall–Kier alpha value is -3.75. The minimum Gasteiger partial charge on any atom is -0.465 e. The van der Waals surface area contributed by atoms with Crippen LogP contribution < -0.4 is 5.73 Å². The van der Waals surface area contributed by atoms with Crippen LogP contribution in [0.15, 0.2) is 36.9 Å². The Morgan fingerprint density at radius 2 is 2.12 bits per heavy atom. The third-order valence-electron chi connectivity index (χ3n) is 4.00. The fourth-order valence-electron chi connectivity index (χ4n) is 2.74. The molecule has 3 N–H and O–H groups in total. The van der Waals surface area contributed by atoms with Crippen LogP contribution in [0.4, 0.5) is 5.82 Å². The van der Waals surface area contributed by atoms with Crippen LogP contribution in [0, 0.1) is 0 Å². The number of hydrogen-bond donors (Lipinski definition) is 2. The number of pyridine rings is 2. The number of carbonyl (C=O) groups is 1. The van der Waals surface area contributed by atoms with Gasteiger partial charge in [0.05, 0.1) is 29.6 Å². The highest BCUT2D eigenvalue weighted by atomic mass is 16.5. The SMILES string of the molecule is COC(=O)c1cnc(N)c2[nH]c(-c3cc(-c4ncn(C)n4)ccn3)cc12. The normalized spacial score (nSPS) is 11.0.